The van der Waals surface area contributed by atoms with Crippen molar-refractivity contribution in [2.24, 2.45) is 0 Å². The maximum atomic E-state index is 13.1. The van der Waals surface area contributed by atoms with Crippen LogP contribution in [-0.4, -0.2) is 47.4 Å². The molecular weight excluding hydrogens is 367 g/mol. The molecule has 0 aromatic rings. The Morgan fingerprint density at radius 2 is 1.36 bits per heavy atom. The second-order valence-corrected chi connectivity index (χ2v) is 5.41. The third-order valence-electron chi connectivity index (χ3n) is 3.81. The van der Waals surface area contributed by atoms with Gasteiger partial charge in [0.25, 0.3) is 11.8 Å². The van der Waals surface area contributed by atoms with Gasteiger partial charge in [0, 0.05) is 11.1 Å². The zero-order valence-corrected chi connectivity index (χ0v) is 12.3. The smallest absolute Gasteiger partial charge is 0.439 e. The van der Waals surface area contributed by atoms with Gasteiger partial charge < -0.3 is 4.74 Å². The molecule has 140 valence electrons. The summed E-state index contributed by atoms with van der Waals surface area (Å²) in [6, 6.07) is 0. The van der Waals surface area contributed by atoms with Crippen LogP contribution in [0.3, 0.4) is 0 Å². The Kier molecular flexibility index (Phi) is 4.60. The normalized spacial score (nSPS) is 19.4. The van der Waals surface area contributed by atoms with Gasteiger partial charge in [-0.2, -0.15) is 30.7 Å². The van der Waals surface area contributed by atoms with E-state index in [4.69, 9.17) is 0 Å². The molecule has 2 amide bonds. The molecule has 1 heterocycles. The van der Waals surface area contributed by atoms with Crippen LogP contribution in [0.5, 0.6) is 0 Å². The van der Waals surface area contributed by atoms with Crippen LogP contribution < -0.4 is 0 Å². The van der Waals surface area contributed by atoms with Crippen molar-refractivity contribution in [2.45, 2.75) is 43.7 Å². The first-order chi connectivity index (χ1) is 11.3. The Hall–Kier alpha value is -2.14. The predicted octanol–water partition coefficient (Wildman–Crippen LogP) is 2.56. The van der Waals surface area contributed by atoms with E-state index in [1.165, 1.54) is 0 Å². The third-order valence-corrected chi connectivity index (χ3v) is 3.81. The molecule has 1 aliphatic heterocycles. The first-order valence-electron chi connectivity index (χ1n) is 6.90. The number of hydrogen-bond acceptors (Lipinski definition) is 4. The SMILES string of the molecule is O=C1C2=C(CCCC2)C(=O)N1COC(=O)C(F)(F)C(F)(F)C(F)(F)F. The monoisotopic (exact) mass is 377 g/mol. The number of ether oxygens (including phenoxy) is 1. The van der Waals surface area contributed by atoms with Crippen molar-refractivity contribution < 1.29 is 49.9 Å². The number of esters is 1. The summed E-state index contributed by atoms with van der Waals surface area (Å²) >= 11 is 0. The topological polar surface area (TPSA) is 63.7 Å². The van der Waals surface area contributed by atoms with Crippen LogP contribution in [0.15, 0.2) is 11.1 Å². The number of halogens is 7. The number of alkyl halides is 7. The fourth-order valence-electron chi connectivity index (χ4n) is 2.43. The quantitative estimate of drug-likeness (QED) is 0.429. The maximum Gasteiger partial charge on any atom is 0.460 e. The van der Waals surface area contributed by atoms with E-state index < -0.39 is 42.5 Å². The lowest BCUT2D eigenvalue weighted by molar-refractivity contribution is -0.348. The van der Waals surface area contributed by atoms with E-state index in [1.807, 2.05) is 0 Å². The van der Waals surface area contributed by atoms with Gasteiger partial charge in [-0.15, -0.1) is 0 Å². The first kappa shape index (κ1) is 19.2. The van der Waals surface area contributed by atoms with Gasteiger partial charge in [-0.1, -0.05) is 0 Å². The number of carbonyl (C=O) groups is 3. The minimum atomic E-state index is -6.70. The van der Waals surface area contributed by atoms with E-state index in [1.54, 1.807) is 0 Å². The van der Waals surface area contributed by atoms with Gasteiger partial charge in [0.1, 0.15) is 0 Å². The van der Waals surface area contributed by atoms with Gasteiger partial charge in [-0.05, 0) is 25.7 Å². The first-order valence-corrected chi connectivity index (χ1v) is 6.90. The lowest BCUT2D eigenvalue weighted by atomic mass is 9.93. The average Bonchev–Trinajstić information content (AvgIpc) is 2.75. The van der Waals surface area contributed by atoms with Gasteiger partial charge in [-0.25, -0.2) is 9.69 Å². The van der Waals surface area contributed by atoms with E-state index in [2.05, 4.69) is 4.74 Å². The molecule has 12 heteroatoms. The number of imide groups is 1. The lowest BCUT2D eigenvalue weighted by Crippen LogP contribution is -2.57. The van der Waals surface area contributed by atoms with Crippen LogP contribution in [0.1, 0.15) is 25.7 Å². The van der Waals surface area contributed by atoms with Crippen molar-refractivity contribution in [3.05, 3.63) is 11.1 Å². The number of amides is 2. The molecule has 5 nitrogen and oxygen atoms in total. The van der Waals surface area contributed by atoms with Gasteiger partial charge in [-0.3, -0.25) is 9.59 Å². The number of rotatable bonds is 4. The molecule has 0 unspecified atom stereocenters. The van der Waals surface area contributed by atoms with Crippen molar-refractivity contribution >= 4 is 17.8 Å². The van der Waals surface area contributed by atoms with Crippen molar-refractivity contribution in [1.82, 2.24) is 4.90 Å². The molecule has 0 fully saturated rings. The molecule has 2 rings (SSSR count). The highest BCUT2D eigenvalue weighted by molar-refractivity contribution is 6.19. The van der Waals surface area contributed by atoms with Crippen LogP contribution >= 0.6 is 0 Å². The maximum absolute atomic E-state index is 13.1. The fourth-order valence-corrected chi connectivity index (χ4v) is 2.43. The van der Waals surface area contributed by atoms with E-state index in [0.29, 0.717) is 12.8 Å². The number of hydrogen-bond donors (Lipinski definition) is 0. The van der Waals surface area contributed by atoms with Crippen LogP contribution in [0.2, 0.25) is 0 Å². The second-order valence-electron chi connectivity index (χ2n) is 5.41. The fraction of sp³-hybridized carbons (Fsp3) is 0.615. The highest BCUT2D eigenvalue weighted by Crippen LogP contribution is 2.47. The minimum absolute atomic E-state index is 0.0969. The highest BCUT2D eigenvalue weighted by Gasteiger charge is 2.77. The Bertz CT molecular complexity index is 625. The largest absolute Gasteiger partial charge is 0.460 e. The summed E-state index contributed by atoms with van der Waals surface area (Å²) < 4.78 is 91.4. The zero-order chi connectivity index (χ0) is 19.2. The Balaban J connectivity index is 2.08. The molecule has 1 aliphatic carbocycles. The molecule has 25 heavy (non-hydrogen) atoms. The molecule has 0 saturated carbocycles. The van der Waals surface area contributed by atoms with E-state index in [9.17, 15) is 45.1 Å². The molecule has 0 aromatic carbocycles. The average molecular weight is 377 g/mol. The summed E-state index contributed by atoms with van der Waals surface area (Å²) in [7, 11) is 0. The van der Waals surface area contributed by atoms with Crippen molar-refractivity contribution in [2.75, 3.05) is 6.73 Å². The molecule has 0 atom stereocenters. The molecule has 0 saturated heterocycles. The zero-order valence-electron chi connectivity index (χ0n) is 12.3. The van der Waals surface area contributed by atoms with Crippen molar-refractivity contribution in [3.8, 4) is 0 Å². The molecular formula is C13H10F7NO4. The van der Waals surface area contributed by atoms with E-state index in [0.717, 1.165) is 0 Å². The minimum Gasteiger partial charge on any atom is -0.439 e. The Labute approximate surface area is 135 Å². The lowest BCUT2D eigenvalue weighted by Gasteiger charge is -2.27. The summed E-state index contributed by atoms with van der Waals surface area (Å²) in [6.45, 7) is -1.48. The summed E-state index contributed by atoms with van der Waals surface area (Å²) in [5.41, 5.74) is 0.194. The second kappa shape index (κ2) is 5.99. The van der Waals surface area contributed by atoms with E-state index in [-0.39, 0.29) is 28.9 Å². The molecule has 0 N–H and O–H groups in total. The van der Waals surface area contributed by atoms with Gasteiger partial charge in [0.2, 0.25) is 0 Å². The number of carbonyl (C=O) groups excluding carboxylic acids is 3. The van der Waals surface area contributed by atoms with Crippen molar-refractivity contribution in [1.29, 1.82) is 0 Å². The standard InChI is InChI=1S/C13H10F7NO4/c14-11(15,12(16,17)13(18,19)20)10(24)25-5-21-8(22)6-3-1-2-4-7(6)9(21)23/h1-5H2. The van der Waals surface area contributed by atoms with Crippen LogP contribution in [-0.2, 0) is 19.1 Å². The molecule has 0 spiro atoms. The van der Waals surface area contributed by atoms with Crippen molar-refractivity contribution in [3.63, 3.8) is 0 Å². The summed E-state index contributed by atoms with van der Waals surface area (Å²) in [5, 5.41) is 0. The van der Waals surface area contributed by atoms with Crippen LogP contribution in [0, 0.1) is 0 Å². The molecule has 0 bridgehead atoms. The van der Waals surface area contributed by atoms with Gasteiger partial charge in [0.05, 0.1) is 0 Å². The predicted molar refractivity (Wildman–Crippen MR) is 64.3 cm³/mol. The summed E-state index contributed by atoms with van der Waals surface area (Å²) in [5.74, 6) is -18.0. The number of nitrogens with zero attached hydrogens (tertiary/aromatic N) is 1. The molecule has 2 aliphatic rings. The Morgan fingerprint density at radius 1 is 0.920 bits per heavy atom. The summed E-state index contributed by atoms with van der Waals surface area (Å²) in [4.78, 5) is 35.1. The Morgan fingerprint density at radius 3 is 1.76 bits per heavy atom. The molecule has 0 aromatic heterocycles. The molecule has 0 radical (unpaired) electrons. The van der Waals surface area contributed by atoms with Crippen LogP contribution in [0.25, 0.3) is 0 Å². The van der Waals surface area contributed by atoms with E-state index >= 15 is 0 Å². The van der Waals surface area contributed by atoms with Gasteiger partial charge >= 0.3 is 24.0 Å². The third kappa shape index (κ3) is 2.97. The highest BCUT2D eigenvalue weighted by atomic mass is 19.4. The summed E-state index contributed by atoms with van der Waals surface area (Å²) in [6.07, 6.45) is -5.07. The van der Waals surface area contributed by atoms with Gasteiger partial charge in [0.15, 0.2) is 6.73 Å². The van der Waals surface area contributed by atoms with Crippen LogP contribution in [0.4, 0.5) is 30.7 Å².